The molecule has 184 valence electrons. The zero-order valence-electron chi connectivity index (χ0n) is 19.7. The van der Waals surface area contributed by atoms with E-state index in [-0.39, 0.29) is 22.8 Å². The topological polar surface area (TPSA) is 123 Å². The van der Waals surface area contributed by atoms with E-state index < -0.39 is 11.9 Å². The van der Waals surface area contributed by atoms with E-state index in [0.29, 0.717) is 38.4 Å². The Morgan fingerprint density at radius 2 is 1.81 bits per heavy atom. The first-order valence-corrected chi connectivity index (χ1v) is 11.8. The summed E-state index contributed by atoms with van der Waals surface area (Å²) in [7, 11) is 0. The SMILES string of the molecule is CC(NC(=O)c1nc(-c2cccc(O)c2)cnc1N)c1cc2cccc(Cl)c2c(=O)n1-c1ccccc1. The van der Waals surface area contributed by atoms with E-state index in [4.69, 9.17) is 17.3 Å². The Morgan fingerprint density at radius 1 is 1.05 bits per heavy atom. The number of nitrogens with one attached hydrogen (secondary N) is 1. The summed E-state index contributed by atoms with van der Waals surface area (Å²) in [5, 5.41) is 14.1. The third-order valence-electron chi connectivity index (χ3n) is 5.99. The molecule has 1 atom stereocenters. The number of aromatic nitrogens is 3. The van der Waals surface area contributed by atoms with Gasteiger partial charge >= 0.3 is 0 Å². The van der Waals surface area contributed by atoms with Crippen molar-refractivity contribution in [1.82, 2.24) is 19.9 Å². The quantitative estimate of drug-likeness (QED) is 0.309. The summed E-state index contributed by atoms with van der Waals surface area (Å²) < 4.78 is 1.54. The molecule has 1 unspecified atom stereocenters. The second kappa shape index (κ2) is 9.75. The first-order valence-electron chi connectivity index (χ1n) is 11.5. The third-order valence-corrected chi connectivity index (χ3v) is 6.30. The lowest BCUT2D eigenvalue weighted by Gasteiger charge is -2.21. The van der Waals surface area contributed by atoms with Crippen LogP contribution in [0.1, 0.15) is 29.1 Å². The molecule has 0 spiro atoms. The third kappa shape index (κ3) is 4.62. The Bertz CT molecular complexity index is 1700. The van der Waals surface area contributed by atoms with Gasteiger partial charge in [0, 0.05) is 16.9 Å². The van der Waals surface area contributed by atoms with E-state index in [2.05, 4.69) is 15.3 Å². The molecular formula is C28H22ClN5O3. The van der Waals surface area contributed by atoms with E-state index in [1.54, 1.807) is 37.3 Å². The van der Waals surface area contributed by atoms with Crippen LogP contribution < -0.4 is 16.6 Å². The van der Waals surface area contributed by atoms with Crippen molar-refractivity contribution in [3.05, 3.63) is 112 Å². The van der Waals surface area contributed by atoms with Crippen molar-refractivity contribution in [2.24, 2.45) is 0 Å². The summed E-state index contributed by atoms with van der Waals surface area (Å²) in [6, 6.07) is 22.1. The van der Waals surface area contributed by atoms with Gasteiger partial charge in [0.15, 0.2) is 11.5 Å². The highest BCUT2D eigenvalue weighted by molar-refractivity contribution is 6.35. The number of carbonyl (C=O) groups is 1. The van der Waals surface area contributed by atoms with Crippen LogP contribution in [0.5, 0.6) is 5.75 Å². The molecule has 3 aromatic carbocycles. The molecule has 0 saturated carbocycles. The number of phenolic OH excluding ortho intramolecular Hbond substituents is 1. The molecule has 2 heterocycles. The van der Waals surface area contributed by atoms with Gasteiger partial charge in [0.2, 0.25) is 0 Å². The molecule has 2 aromatic heterocycles. The summed E-state index contributed by atoms with van der Waals surface area (Å²) in [4.78, 5) is 35.4. The van der Waals surface area contributed by atoms with E-state index in [1.807, 2.05) is 36.4 Å². The Labute approximate surface area is 217 Å². The van der Waals surface area contributed by atoms with Crippen molar-refractivity contribution in [1.29, 1.82) is 0 Å². The molecule has 0 aliphatic rings. The number of nitrogens with two attached hydrogens (primary N) is 1. The second-order valence-electron chi connectivity index (χ2n) is 8.48. The fraction of sp³-hybridized carbons (Fsp3) is 0.0714. The van der Waals surface area contributed by atoms with Crippen LogP contribution in [-0.2, 0) is 0 Å². The number of rotatable bonds is 5. The van der Waals surface area contributed by atoms with Crippen LogP contribution in [0.3, 0.4) is 0 Å². The Kier molecular flexibility index (Phi) is 6.33. The Morgan fingerprint density at radius 3 is 2.57 bits per heavy atom. The average molecular weight is 512 g/mol. The molecule has 4 N–H and O–H groups in total. The van der Waals surface area contributed by atoms with Gasteiger partial charge in [-0.2, -0.15) is 0 Å². The Hall–Kier alpha value is -4.69. The number of nitrogens with zero attached hydrogens (tertiary/aromatic N) is 3. The molecule has 0 saturated heterocycles. The van der Waals surface area contributed by atoms with Gasteiger partial charge in [0.25, 0.3) is 11.5 Å². The number of para-hydroxylation sites is 1. The minimum absolute atomic E-state index is 0.0423. The van der Waals surface area contributed by atoms with Crippen LogP contribution >= 0.6 is 11.6 Å². The molecule has 9 heteroatoms. The first-order chi connectivity index (χ1) is 17.8. The molecule has 5 aromatic rings. The van der Waals surface area contributed by atoms with Crippen molar-refractivity contribution < 1.29 is 9.90 Å². The molecular weight excluding hydrogens is 490 g/mol. The highest BCUT2D eigenvalue weighted by Crippen LogP contribution is 2.26. The monoisotopic (exact) mass is 511 g/mol. The number of anilines is 1. The van der Waals surface area contributed by atoms with Crippen molar-refractivity contribution in [2.45, 2.75) is 13.0 Å². The highest BCUT2D eigenvalue weighted by atomic mass is 35.5. The van der Waals surface area contributed by atoms with E-state index in [1.165, 1.54) is 22.9 Å². The normalized spacial score (nSPS) is 11.8. The van der Waals surface area contributed by atoms with Gasteiger partial charge < -0.3 is 16.2 Å². The largest absolute Gasteiger partial charge is 0.508 e. The average Bonchev–Trinajstić information content (AvgIpc) is 2.89. The molecule has 1 amide bonds. The number of benzene rings is 3. The summed E-state index contributed by atoms with van der Waals surface area (Å²) >= 11 is 6.38. The summed E-state index contributed by atoms with van der Waals surface area (Å²) in [5.74, 6) is -0.539. The van der Waals surface area contributed by atoms with Crippen LogP contribution in [0, 0.1) is 0 Å². The van der Waals surface area contributed by atoms with Gasteiger partial charge in [-0.15, -0.1) is 0 Å². The van der Waals surface area contributed by atoms with Crippen LogP contribution in [0.25, 0.3) is 27.7 Å². The number of pyridine rings is 1. The van der Waals surface area contributed by atoms with Crippen molar-refractivity contribution >= 4 is 34.1 Å². The summed E-state index contributed by atoms with van der Waals surface area (Å²) in [6.45, 7) is 1.77. The lowest BCUT2D eigenvalue weighted by molar-refractivity contribution is 0.0934. The molecule has 37 heavy (non-hydrogen) atoms. The predicted molar refractivity (Wildman–Crippen MR) is 144 cm³/mol. The molecule has 0 aliphatic heterocycles. The first kappa shape index (κ1) is 24.0. The zero-order chi connectivity index (χ0) is 26.1. The summed E-state index contributed by atoms with van der Waals surface area (Å²) in [5.41, 5.74) is 7.78. The fourth-order valence-electron chi connectivity index (χ4n) is 4.21. The number of amides is 1. The number of nitrogen functional groups attached to an aromatic ring is 1. The number of hydrogen-bond donors (Lipinski definition) is 3. The molecule has 8 nitrogen and oxygen atoms in total. The van der Waals surface area contributed by atoms with Gasteiger partial charge in [0.1, 0.15) is 5.75 Å². The molecule has 5 rings (SSSR count). The van der Waals surface area contributed by atoms with E-state index in [0.717, 1.165) is 0 Å². The summed E-state index contributed by atoms with van der Waals surface area (Å²) in [6.07, 6.45) is 1.43. The van der Waals surface area contributed by atoms with Crippen molar-refractivity contribution in [2.75, 3.05) is 5.73 Å². The second-order valence-corrected chi connectivity index (χ2v) is 8.89. The lowest BCUT2D eigenvalue weighted by Crippen LogP contribution is -2.33. The van der Waals surface area contributed by atoms with Crippen molar-refractivity contribution in [3.63, 3.8) is 0 Å². The van der Waals surface area contributed by atoms with Crippen molar-refractivity contribution in [3.8, 4) is 22.7 Å². The van der Waals surface area contributed by atoms with E-state index >= 15 is 0 Å². The Balaban J connectivity index is 1.56. The lowest BCUT2D eigenvalue weighted by atomic mass is 10.1. The molecule has 0 fully saturated rings. The van der Waals surface area contributed by atoms with Gasteiger partial charge in [0.05, 0.1) is 28.3 Å². The highest BCUT2D eigenvalue weighted by Gasteiger charge is 2.22. The fourth-order valence-corrected chi connectivity index (χ4v) is 4.47. The predicted octanol–water partition coefficient (Wildman–Crippen LogP) is 4.88. The maximum absolute atomic E-state index is 13.6. The van der Waals surface area contributed by atoms with E-state index in [9.17, 15) is 14.7 Å². The maximum atomic E-state index is 13.6. The van der Waals surface area contributed by atoms with Crippen LogP contribution in [0.4, 0.5) is 5.82 Å². The standard InChI is InChI=1S/C28H22ClN5O3/c1-16(32-27(36)25-26(30)31-15-22(33-25)17-7-5-11-20(35)13-17)23-14-18-8-6-12-21(29)24(18)28(37)34(23)19-9-3-2-4-10-19/h2-16,35H,1H3,(H2,30,31)(H,32,36). The van der Waals surface area contributed by atoms with Gasteiger partial charge in [-0.25, -0.2) is 9.97 Å². The van der Waals surface area contributed by atoms with Gasteiger partial charge in [-0.3, -0.25) is 14.2 Å². The number of aromatic hydroxyl groups is 1. The minimum atomic E-state index is -0.616. The van der Waals surface area contributed by atoms with Crippen LogP contribution in [-0.4, -0.2) is 25.5 Å². The number of halogens is 1. The van der Waals surface area contributed by atoms with Crippen LogP contribution in [0.15, 0.2) is 89.9 Å². The molecule has 0 bridgehead atoms. The minimum Gasteiger partial charge on any atom is -0.508 e. The number of carbonyl (C=O) groups excluding carboxylic acids is 1. The van der Waals surface area contributed by atoms with Gasteiger partial charge in [-0.05, 0) is 48.7 Å². The number of phenols is 1. The molecule has 0 radical (unpaired) electrons. The van der Waals surface area contributed by atoms with Gasteiger partial charge in [-0.1, -0.05) is 54.1 Å². The zero-order valence-corrected chi connectivity index (χ0v) is 20.5. The smallest absolute Gasteiger partial charge is 0.274 e. The van der Waals surface area contributed by atoms with Crippen LogP contribution in [0.2, 0.25) is 5.02 Å². The number of hydrogen-bond acceptors (Lipinski definition) is 6. The maximum Gasteiger partial charge on any atom is 0.274 e. The number of fused-ring (bicyclic) bond motifs is 1. The molecule has 0 aliphatic carbocycles.